The number of carbonyl (C=O) groups is 4. The molecule has 0 heterocycles. The van der Waals surface area contributed by atoms with Gasteiger partial charge in [0.25, 0.3) is 0 Å². The minimum absolute atomic E-state index is 0. The van der Waals surface area contributed by atoms with Crippen molar-refractivity contribution < 1.29 is 39.6 Å². The number of rotatable bonds is 10. The van der Waals surface area contributed by atoms with Crippen LogP contribution in [0.5, 0.6) is 0 Å². The molecule has 0 radical (unpaired) electrons. The van der Waals surface area contributed by atoms with Gasteiger partial charge in [0.15, 0.2) is 0 Å². The minimum atomic E-state index is -1.49. The van der Waals surface area contributed by atoms with E-state index in [1.807, 2.05) is 0 Å². The van der Waals surface area contributed by atoms with Gasteiger partial charge in [-0.3, -0.25) is 9.80 Å². The van der Waals surface area contributed by atoms with Crippen LogP contribution in [0.25, 0.3) is 0 Å². The molecule has 0 aliphatic heterocycles. The number of hydrogen-bond acceptors (Lipinski definition) is 10. The second-order valence-electron chi connectivity index (χ2n) is 5.72. The molecular weight excluding hydrogens is 404 g/mol. The largest absolute Gasteiger partial charge is 2.00 e. The third-order valence-corrected chi connectivity index (χ3v) is 3.96. The molecule has 0 aromatic rings. The molecule has 0 unspecified atom stereocenters. The maximum absolute atomic E-state index is 10.9. The maximum atomic E-state index is 10.9. The summed E-state index contributed by atoms with van der Waals surface area (Å²) in [5.74, 6) is -5.97. The van der Waals surface area contributed by atoms with Crippen molar-refractivity contribution in [2.75, 3.05) is 26.2 Å². The number of nitrogens with zero attached hydrogens (tertiary/aromatic N) is 2. The normalized spacial score (nSPS) is 19.3. The minimum Gasteiger partial charge on any atom is -0.549 e. The van der Waals surface area contributed by atoms with Gasteiger partial charge in [-0.05, 0) is 12.8 Å². The van der Waals surface area contributed by atoms with Gasteiger partial charge in [0, 0.05) is 38.3 Å². The maximum Gasteiger partial charge on any atom is 2.00 e. The number of carbonyl (C=O) groups excluding carboxylic acids is 4. The fourth-order valence-corrected chi connectivity index (χ4v) is 3.19. The van der Waals surface area contributed by atoms with Crippen molar-refractivity contribution in [1.82, 2.24) is 9.80 Å². The van der Waals surface area contributed by atoms with E-state index in [1.54, 1.807) is 0 Å². The average Bonchev–Trinajstić information content (AvgIpc) is 2.44. The zero-order valence-electron chi connectivity index (χ0n) is 14.4. The summed E-state index contributed by atoms with van der Waals surface area (Å²) in [4.78, 5) is 45.7. The Bertz CT molecular complexity index is 429. The van der Waals surface area contributed by atoms with Gasteiger partial charge in [-0.15, -0.1) is 0 Å². The Balaban J connectivity index is 0. The summed E-state index contributed by atoms with van der Waals surface area (Å²) >= 11 is 0. The van der Waals surface area contributed by atoms with Crippen LogP contribution in [0.3, 0.4) is 0 Å². The molecule has 1 aliphatic rings. The summed E-state index contributed by atoms with van der Waals surface area (Å²) in [6.07, 6.45) is 2.12. The molecule has 26 heavy (non-hydrogen) atoms. The average molecular weight is 422 g/mol. The second-order valence-corrected chi connectivity index (χ2v) is 5.72. The van der Waals surface area contributed by atoms with E-state index in [2.05, 4.69) is 0 Å². The van der Waals surface area contributed by atoms with E-state index >= 15 is 0 Å². The molecular formula is C14H18Ca2N2O8. The molecule has 0 saturated heterocycles. The van der Waals surface area contributed by atoms with Crippen LogP contribution < -0.4 is 20.4 Å². The Kier molecular flexibility index (Phi) is 15.7. The fraction of sp³-hybridized carbons (Fsp3) is 0.714. The van der Waals surface area contributed by atoms with Crippen molar-refractivity contribution in [3.8, 4) is 0 Å². The van der Waals surface area contributed by atoms with E-state index in [1.165, 1.54) is 0 Å². The molecule has 12 heteroatoms. The third kappa shape index (κ3) is 10.6. The topological polar surface area (TPSA) is 167 Å². The summed E-state index contributed by atoms with van der Waals surface area (Å²) in [5.41, 5.74) is 0. The predicted molar refractivity (Wildman–Crippen MR) is 80.7 cm³/mol. The Hall–Kier alpha value is 0.319. The fourth-order valence-electron chi connectivity index (χ4n) is 3.19. The molecule has 136 valence electrons. The Labute approximate surface area is 210 Å². The molecule has 0 amide bonds. The molecule has 0 aromatic carbocycles. The first-order valence-electron chi connectivity index (χ1n) is 7.48. The molecule has 10 nitrogen and oxygen atoms in total. The van der Waals surface area contributed by atoms with Crippen molar-refractivity contribution in [2.45, 2.75) is 37.8 Å². The number of carboxylic acids is 4. The summed E-state index contributed by atoms with van der Waals surface area (Å²) in [7, 11) is 0. The summed E-state index contributed by atoms with van der Waals surface area (Å²) in [6, 6.07) is -1.32. The van der Waals surface area contributed by atoms with Gasteiger partial charge in [0.1, 0.15) is 0 Å². The van der Waals surface area contributed by atoms with E-state index in [0.29, 0.717) is 25.7 Å². The van der Waals surface area contributed by atoms with Gasteiger partial charge in [-0.1, -0.05) is 12.8 Å². The molecule has 1 saturated carbocycles. The standard InChI is InChI=1S/C14H22N2O8.2Ca/c17-11(18)5-15(6-12(19)20)9-3-1-2-4-10(9)16(7-13(21)22)8-14(23)24;;/h9-10H,1-8H2,(H,17,18)(H,19,20)(H,21,22)(H,23,24);;/q;2*+2/p-4/t9-,10-;;/m1../s1. The SMILES string of the molecule is O=C([O-])CN(CC(=O)[O-])[C@@H]1CCCC[C@H]1N(CC(=O)[O-])CC(=O)[O-].[Ca+2].[Ca+2]. The van der Waals surface area contributed by atoms with E-state index in [-0.39, 0.29) is 75.5 Å². The number of hydrogen-bond donors (Lipinski definition) is 0. The van der Waals surface area contributed by atoms with Crippen molar-refractivity contribution in [1.29, 1.82) is 0 Å². The van der Waals surface area contributed by atoms with E-state index in [9.17, 15) is 39.6 Å². The monoisotopic (exact) mass is 422 g/mol. The molecule has 0 N–H and O–H groups in total. The molecule has 0 bridgehead atoms. The quantitative estimate of drug-likeness (QED) is 0.309. The van der Waals surface area contributed by atoms with Crippen molar-refractivity contribution >= 4 is 99.4 Å². The van der Waals surface area contributed by atoms with Crippen LogP contribution in [-0.4, -0.2) is 147 Å². The van der Waals surface area contributed by atoms with Crippen LogP contribution in [0.4, 0.5) is 0 Å². The first-order chi connectivity index (χ1) is 11.2. The molecule has 1 fully saturated rings. The summed E-state index contributed by atoms with van der Waals surface area (Å²) < 4.78 is 0. The second kappa shape index (κ2) is 14.3. The van der Waals surface area contributed by atoms with Crippen molar-refractivity contribution in [2.24, 2.45) is 0 Å². The zero-order chi connectivity index (χ0) is 18.3. The van der Waals surface area contributed by atoms with Gasteiger partial charge in [-0.25, -0.2) is 0 Å². The molecule has 0 spiro atoms. The predicted octanol–water partition coefficient (Wildman–Crippen LogP) is -6.86. The van der Waals surface area contributed by atoms with Crippen LogP contribution in [0.15, 0.2) is 0 Å². The van der Waals surface area contributed by atoms with E-state index in [4.69, 9.17) is 0 Å². The van der Waals surface area contributed by atoms with Gasteiger partial charge < -0.3 is 39.6 Å². The summed E-state index contributed by atoms with van der Waals surface area (Å²) in [5, 5.41) is 43.5. The molecule has 1 rings (SSSR count). The Morgan fingerprint density at radius 1 is 0.615 bits per heavy atom. The number of carboxylic acid groups (broad SMARTS) is 4. The van der Waals surface area contributed by atoms with Crippen LogP contribution in [-0.2, 0) is 19.2 Å². The van der Waals surface area contributed by atoms with Crippen molar-refractivity contribution in [3.05, 3.63) is 0 Å². The summed E-state index contributed by atoms with van der Waals surface area (Å²) in [6.45, 7) is -2.72. The zero-order valence-corrected chi connectivity index (χ0v) is 18.8. The van der Waals surface area contributed by atoms with Crippen LogP contribution in [0.1, 0.15) is 25.7 Å². The van der Waals surface area contributed by atoms with E-state index in [0.717, 1.165) is 9.80 Å². The Morgan fingerprint density at radius 2 is 0.846 bits per heavy atom. The van der Waals surface area contributed by atoms with Crippen LogP contribution >= 0.6 is 0 Å². The van der Waals surface area contributed by atoms with Gasteiger partial charge in [0.05, 0.1) is 23.9 Å². The van der Waals surface area contributed by atoms with E-state index < -0.39 is 62.1 Å². The smallest absolute Gasteiger partial charge is 0.549 e. The van der Waals surface area contributed by atoms with Gasteiger partial charge in [-0.2, -0.15) is 0 Å². The Morgan fingerprint density at radius 3 is 1.04 bits per heavy atom. The molecule has 0 aromatic heterocycles. The first kappa shape index (κ1) is 28.5. The molecule has 1 aliphatic carbocycles. The third-order valence-electron chi connectivity index (χ3n) is 3.96. The van der Waals surface area contributed by atoms with Gasteiger partial charge >= 0.3 is 75.5 Å². The van der Waals surface area contributed by atoms with Crippen molar-refractivity contribution in [3.63, 3.8) is 0 Å². The molecule has 2 atom stereocenters. The number of aliphatic carboxylic acids is 4. The first-order valence-corrected chi connectivity index (χ1v) is 7.48. The van der Waals surface area contributed by atoms with Crippen LogP contribution in [0.2, 0.25) is 0 Å². The van der Waals surface area contributed by atoms with Crippen LogP contribution in [0, 0.1) is 0 Å². The van der Waals surface area contributed by atoms with Gasteiger partial charge in [0.2, 0.25) is 0 Å².